The highest BCUT2D eigenvalue weighted by molar-refractivity contribution is 7.15. The van der Waals surface area contributed by atoms with Gasteiger partial charge in [0, 0.05) is 16.2 Å². The van der Waals surface area contributed by atoms with Crippen LogP contribution in [0.1, 0.15) is 27.7 Å². The summed E-state index contributed by atoms with van der Waals surface area (Å²) in [5.74, 6) is -0.263. The number of hydrogen-bond donors (Lipinski definition) is 4. The van der Waals surface area contributed by atoms with E-state index in [1.54, 1.807) is 23.5 Å². The number of rotatable bonds is 5. The third-order valence-corrected chi connectivity index (χ3v) is 6.88. The maximum Gasteiger partial charge on any atom is 0.123 e. The number of hydrogen-bond acceptors (Lipinski definition) is 6. The Hall–Kier alpha value is -2.13. The Kier molecular flexibility index (Phi) is 6.52. The first-order chi connectivity index (χ1) is 14.9. The molecule has 0 saturated carbocycles. The maximum absolute atomic E-state index is 13.2. The highest BCUT2D eigenvalue weighted by Crippen LogP contribution is 2.35. The topological polar surface area (TPSA) is 90.2 Å². The van der Waals surface area contributed by atoms with E-state index in [-0.39, 0.29) is 5.82 Å². The van der Waals surface area contributed by atoms with Gasteiger partial charge in [-0.2, -0.15) is 0 Å². The van der Waals surface area contributed by atoms with E-state index in [1.807, 2.05) is 37.3 Å². The molecule has 5 atom stereocenters. The van der Waals surface area contributed by atoms with Crippen molar-refractivity contribution in [1.29, 1.82) is 0 Å². The van der Waals surface area contributed by atoms with Crippen LogP contribution in [0.25, 0.3) is 10.4 Å². The molecule has 4 N–H and O–H groups in total. The van der Waals surface area contributed by atoms with Gasteiger partial charge in [0.25, 0.3) is 0 Å². The van der Waals surface area contributed by atoms with Crippen LogP contribution >= 0.6 is 11.3 Å². The molecular weight excluding hydrogens is 419 g/mol. The van der Waals surface area contributed by atoms with Gasteiger partial charge in [-0.05, 0) is 53.4 Å². The number of aliphatic hydroxyl groups excluding tert-OH is 4. The van der Waals surface area contributed by atoms with E-state index >= 15 is 0 Å². The molecule has 0 spiro atoms. The second-order valence-electron chi connectivity index (χ2n) is 7.89. The van der Waals surface area contributed by atoms with Crippen molar-refractivity contribution >= 4 is 11.3 Å². The largest absolute Gasteiger partial charge is 0.394 e. The maximum atomic E-state index is 13.2. The minimum absolute atomic E-state index is 0.263. The van der Waals surface area contributed by atoms with E-state index in [0.29, 0.717) is 12.0 Å². The Morgan fingerprint density at radius 2 is 1.68 bits per heavy atom. The van der Waals surface area contributed by atoms with Gasteiger partial charge in [-0.25, -0.2) is 4.39 Å². The summed E-state index contributed by atoms with van der Waals surface area (Å²) in [6, 6.07) is 16.2. The van der Waals surface area contributed by atoms with Crippen LogP contribution in [0, 0.1) is 12.7 Å². The van der Waals surface area contributed by atoms with Crippen LogP contribution in [0.5, 0.6) is 0 Å². The van der Waals surface area contributed by atoms with Crippen molar-refractivity contribution in [3.8, 4) is 10.4 Å². The summed E-state index contributed by atoms with van der Waals surface area (Å²) in [5, 5.41) is 40.0. The van der Waals surface area contributed by atoms with Crippen molar-refractivity contribution in [1.82, 2.24) is 0 Å². The van der Waals surface area contributed by atoms with E-state index < -0.39 is 37.1 Å². The molecule has 5 nitrogen and oxygen atoms in total. The zero-order valence-corrected chi connectivity index (χ0v) is 17.8. The smallest absolute Gasteiger partial charge is 0.123 e. The van der Waals surface area contributed by atoms with Gasteiger partial charge in [-0.3, -0.25) is 0 Å². The van der Waals surface area contributed by atoms with Crippen LogP contribution in [0.2, 0.25) is 0 Å². The zero-order chi connectivity index (χ0) is 22.1. The first-order valence-corrected chi connectivity index (χ1v) is 10.9. The molecule has 0 aliphatic carbocycles. The summed E-state index contributed by atoms with van der Waals surface area (Å²) < 4.78 is 18.9. The molecule has 1 aromatic heterocycles. The fourth-order valence-corrected chi connectivity index (χ4v) is 4.90. The minimum Gasteiger partial charge on any atom is -0.394 e. The summed E-state index contributed by atoms with van der Waals surface area (Å²) in [4.78, 5) is 2.19. The second kappa shape index (κ2) is 9.16. The van der Waals surface area contributed by atoms with Crippen LogP contribution in [0.15, 0.2) is 54.6 Å². The number of aryl methyl sites for hydroxylation is 1. The van der Waals surface area contributed by atoms with Crippen molar-refractivity contribution < 1.29 is 29.6 Å². The zero-order valence-electron chi connectivity index (χ0n) is 17.0. The molecule has 2 unspecified atom stereocenters. The first kappa shape index (κ1) is 22.1. The SMILES string of the molecule is Cc1ccc([C@@H]2OC(CO)[C@@H](O)[C@@H](O)C2O)cc1Cc1ccc(-c2ccc(F)cc2)s1. The molecular formula is C24H25FO5S. The standard InChI is InChI=1S/C24H25FO5S/c1-13-2-3-15(24-23(29)22(28)21(27)19(12-26)30-24)10-16(13)11-18-8-9-20(31-18)14-4-6-17(25)7-5-14/h2-10,19,21-24,26-29H,11-12H2,1H3/t19?,21-,22-,23?,24+/m1/s1. The van der Waals surface area contributed by atoms with Crippen LogP contribution in [0.4, 0.5) is 4.39 Å². The summed E-state index contributed by atoms with van der Waals surface area (Å²) in [6.45, 7) is 1.54. The number of ether oxygens (including phenoxy) is 1. The van der Waals surface area contributed by atoms with Crippen molar-refractivity contribution in [2.24, 2.45) is 0 Å². The van der Waals surface area contributed by atoms with Gasteiger partial charge in [-0.1, -0.05) is 30.3 Å². The Morgan fingerprint density at radius 1 is 0.935 bits per heavy atom. The van der Waals surface area contributed by atoms with Crippen LogP contribution in [-0.4, -0.2) is 51.4 Å². The normalized spacial score (nSPS) is 26.2. The number of benzene rings is 2. The molecule has 1 fully saturated rings. The quantitative estimate of drug-likeness (QED) is 0.486. The lowest BCUT2D eigenvalue weighted by Crippen LogP contribution is -2.55. The predicted octanol–water partition coefficient (Wildman–Crippen LogP) is 2.97. The van der Waals surface area contributed by atoms with E-state index in [1.165, 1.54) is 12.1 Å². The Morgan fingerprint density at radius 3 is 2.39 bits per heavy atom. The lowest BCUT2D eigenvalue weighted by Gasteiger charge is -2.40. The molecule has 0 bridgehead atoms. The van der Waals surface area contributed by atoms with Gasteiger partial charge >= 0.3 is 0 Å². The van der Waals surface area contributed by atoms with E-state index in [4.69, 9.17) is 4.74 Å². The minimum atomic E-state index is -1.41. The third kappa shape index (κ3) is 4.57. The highest BCUT2D eigenvalue weighted by atomic mass is 32.1. The third-order valence-electron chi connectivity index (χ3n) is 5.75. The summed E-state index contributed by atoms with van der Waals surface area (Å²) in [5.41, 5.74) is 3.75. The molecule has 1 aliphatic rings. The summed E-state index contributed by atoms with van der Waals surface area (Å²) in [6.07, 6.45) is -5.21. The van der Waals surface area contributed by atoms with E-state index in [9.17, 15) is 24.8 Å². The van der Waals surface area contributed by atoms with Crippen molar-refractivity contribution in [2.75, 3.05) is 6.61 Å². The van der Waals surface area contributed by atoms with Crippen molar-refractivity contribution in [3.05, 3.63) is 82.0 Å². The molecule has 3 aromatic rings. The Balaban J connectivity index is 1.57. The number of aliphatic hydroxyl groups is 4. The lowest BCUT2D eigenvalue weighted by atomic mass is 9.89. The molecule has 164 valence electrons. The van der Waals surface area contributed by atoms with E-state index in [2.05, 4.69) is 0 Å². The van der Waals surface area contributed by atoms with Crippen LogP contribution < -0.4 is 0 Å². The molecule has 4 rings (SSSR count). The molecule has 31 heavy (non-hydrogen) atoms. The van der Waals surface area contributed by atoms with Crippen molar-refractivity contribution in [3.63, 3.8) is 0 Å². The average Bonchev–Trinajstić information content (AvgIpc) is 3.23. The van der Waals surface area contributed by atoms with Gasteiger partial charge < -0.3 is 25.2 Å². The summed E-state index contributed by atoms with van der Waals surface area (Å²) in [7, 11) is 0. The number of thiophene rings is 1. The molecule has 2 aromatic carbocycles. The summed E-state index contributed by atoms with van der Waals surface area (Å²) >= 11 is 1.63. The van der Waals surface area contributed by atoms with Gasteiger partial charge in [-0.15, -0.1) is 11.3 Å². The van der Waals surface area contributed by atoms with Crippen LogP contribution in [0.3, 0.4) is 0 Å². The fraction of sp³-hybridized carbons (Fsp3) is 0.333. The van der Waals surface area contributed by atoms with Gasteiger partial charge in [0.15, 0.2) is 0 Å². The molecule has 7 heteroatoms. The monoisotopic (exact) mass is 444 g/mol. The Labute approximate surface area is 184 Å². The van der Waals surface area contributed by atoms with Gasteiger partial charge in [0.05, 0.1) is 6.61 Å². The van der Waals surface area contributed by atoms with Crippen molar-refractivity contribution in [2.45, 2.75) is 43.9 Å². The Bertz CT molecular complexity index is 1030. The van der Waals surface area contributed by atoms with E-state index in [0.717, 1.165) is 26.4 Å². The molecule has 1 saturated heterocycles. The molecule has 0 amide bonds. The second-order valence-corrected chi connectivity index (χ2v) is 9.05. The fourth-order valence-electron chi connectivity index (χ4n) is 3.87. The van der Waals surface area contributed by atoms with Gasteiger partial charge in [0.1, 0.15) is 36.3 Å². The molecule has 0 radical (unpaired) electrons. The predicted molar refractivity (Wildman–Crippen MR) is 116 cm³/mol. The van der Waals surface area contributed by atoms with Crippen LogP contribution in [-0.2, 0) is 11.2 Å². The molecule has 2 heterocycles. The first-order valence-electron chi connectivity index (χ1n) is 10.1. The lowest BCUT2D eigenvalue weighted by molar-refractivity contribution is -0.231. The van der Waals surface area contributed by atoms with Gasteiger partial charge in [0.2, 0.25) is 0 Å². The number of halogens is 1. The molecule has 1 aliphatic heterocycles. The average molecular weight is 445 g/mol. The highest BCUT2D eigenvalue weighted by Gasteiger charge is 2.43.